The third kappa shape index (κ3) is 2.89. The molecular weight excluding hydrogens is 332 g/mol. The average Bonchev–Trinajstić information content (AvgIpc) is 3.10. The first-order valence-corrected chi connectivity index (χ1v) is 8.72. The Balaban J connectivity index is 1.83. The number of nitrogens with zero attached hydrogens (tertiary/aromatic N) is 1. The Morgan fingerprint density at radius 1 is 1.31 bits per heavy atom. The van der Waals surface area contributed by atoms with Gasteiger partial charge in [0.2, 0.25) is 11.8 Å². The maximum Gasteiger partial charge on any atom is 0.307 e. The Labute approximate surface area is 152 Å². The quantitative estimate of drug-likeness (QED) is 0.860. The van der Waals surface area contributed by atoms with Crippen LogP contribution in [0.25, 0.3) is 11.5 Å². The Morgan fingerprint density at radius 2 is 2.04 bits per heavy atom. The molecular formula is C20H24N2O4. The molecule has 1 heterocycles. The Hall–Kier alpha value is -2.63. The summed E-state index contributed by atoms with van der Waals surface area (Å²) in [6, 6.07) is 7.30. The van der Waals surface area contributed by atoms with Gasteiger partial charge >= 0.3 is 5.97 Å². The van der Waals surface area contributed by atoms with Crippen LogP contribution in [0.15, 0.2) is 34.9 Å². The molecule has 1 aliphatic rings. The van der Waals surface area contributed by atoms with Crippen molar-refractivity contribution in [2.45, 2.75) is 40.5 Å². The van der Waals surface area contributed by atoms with E-state index in [4.69, 9.17) is 4.42 Å². The third-order valence-electron chi connectivity index (χ3n) is 6.01. The van der Waals surface area contributed by atoms with Gasteiger partial charge in [0.1, 0.15) is 6.26 Å². The van der Waals surface area contributed by atoms with Crippen molar-refractivity contribution in [1.82, 2.24) is 4.98 Å². The summed E-state index contributed by atoms with van der Waals surface area (Å²) in [4.78, 5) is 28.9. The number of aromatic nitrogens is 1. The van der Waals surface area contributed by atoms with E-state index in [1.807, 2.05) is 45.9 Å². The topological polar surface area (TPSA) is 92.4 Å². The van der Waals surface area contributed by atoms with E-state index in [9.17, 15) is 14.7 Å². The highest BCUT2D eigenvalue weighted by atomic mass is 16.4. The SMILES string of the molecule is Cc1coc(-c2cccc(NC(=O)[C@@]3(C)CC[C@@H](C(=O)O)C3(C)C)c2)n1. The number of carbonyl (C=O) groups is 2. The summed E-state index contributed by atoms with van der Waals surface area (Å²) in [6.07, 6.45) is 2.62. The second kappa shape index (κ2) is 6.27. The molecule has 6 heteroatoms. The second-order valence-corrected chi connectivity index (χ2v) is 7.81. The number of oxazole rings is 1. The van der Waals surface area contributed by atoms with Gasteiger partial charge < -0.3 is 14.8 Å². The summed E-state index contributed by atoms with van der Waals surface area (Å²) in [5.41, 5.74) is 0.801. The molecule has 0 unspecified atom stereocenters. The van der Waals surface area contributed by atoms with Crippen LogP contribution >= 0.6 is 0 Å². The van der Waals surface area contributed by atoms with Gasteiger partial charge in [-0.15, -0.1) is 0 Å². The van der Waals surface area contributed by atoms with Crippen LogP contribution in [0, 0.1) is 23.7 Å². The monoisotopic (exact) mass is 356 g/mol. The normalized spacial score (nSPS) is 24.4. The van der Waals surface area contributed by atoms with Crippen LogP contribution in [0.1, 0.15) is 39.3 Å². The molecule has 26 heavy (non-hydrogen) atoms. The lowest BCUT2D eigenvalue weighted by Gasteiger charge is -2.39. The van der Waals surface area contributed by atoms with Gasteiger partial charge in [0.15, 0.2) is 0 Å². The molecule has 3 rings (SSSR count). The van der Waals surface area contributed by atoms with Crippen molar-refractivity contribution >= 4 is 17.6 Å². The molecule has 2 atom stereocenters. The zero-order valence-corrected chi connectivity index (χ0v) is 15.5. The fourth-order valence-electron chi connectivity index (χ4n) is 3.82. The van der Waals surface area contributed by atoms with Gasteiger partial charge in [-0.05, 0) is 43.4 Å². The number of carbonyl (C=O) groups excluding carboxylic acids is 1. The lowest BCUT2D eigenvalue weighted by Crippen LogP contribution is -2.45. The molecule has 1 aromatic carbocycles. The molecule has 6 nitrogen and oxygen atoms in total. The van der Waals surface area contributed by atoms with Gasteiger partial charge in [0.25, 0.3) is 0 Å². The summed E-state index contributed by atoms with van der Waals surface area (Å²) in [7, 11) is 0. The molecule has 1 amide bonds. The predicted molar refractivity (Wildman–Crippen MR) is 97.6 cm³/mol. The molecule has 1 aliphatic carbocycles. The number of hydrogen-bond donors (Lipinski definition) is 2. The molecule has 0 bridgehead atoms. The summed E-state index contributed by atoms with van der Waals surface area (Å²) < 4.78 is 5.41. The molecule has 2 N–H and O–H groups in total. The van der Waals surface area contributed by atoms with E-state index < -0.39 is 22.7 Å². The van der Waals surface area contributed by atoms with Crippen LogP contribution in [-0.4, -0.2) is 22.0 Å². The van der Waals surface area contributed by atoms with Crippen molar-refractivity contribution in [1.29, 1.82) is 0 Å². The zero-order valence-electron chi connectivity index (χ0n) is 15.5. The smallest absolute Gasteiger partial charge is 0.307 e. The highest BCUT2D eigenvalue weighted by Gasteiger charge is 2.58. The minimum atomic E-state index is -0.840. The van der Waals surface area contributed by atoms with E-state index in [0.717, 1.165) is 11.3 Å². The fourth-order valence-corrected chi connectivity index (χ4v) is 3.82. The summed E-state index contributed by atoms with van der Waals surface area (Å²) in [5.74, 6) is -1.03. The van der Waals surface area contributed by atoms with Crippen LogP contribution in [0.3, 0.4) is 0 Å². The number of aliphatic carboxylic acids is 1. The van der Waals surface area contributed by atoms with E-state index >= 15 is 0 Å². The highest BCUT2D eigenvalue weighted by Crippen LogP contribution is 2.56. The van der Waals surface area contributed by atoms with Gasteiger partial charge in [-0.25, -0.2) is 4.98 Å². The van der Waals surface area contributed by atoms with Gasteiger partial charge in [-0.2, -0.15) is 0 Å². The number of carboxylic acid groups (broad SMARTS) is 1. The van der Waals surface area contributed by atoms with Crippen LogP contribution < -0.4 is 5.32 Å². The lowest BCUT2D eigenvalue weighted by atomic mass is 9.65. The lowest BCUT2D eigenvalue weighted by molar-refractivity contribution is -0.147. The summed E-state index contributed by atoms with van der Waals surface area (Å²) in [6.45, 7) is 7.43. The van der Waals surface area contributed by atoms with Crippen molar-refractivity contribution in [2.75, 3.05) is 5.32 Å². The predicted octanol–water partition coefficient (Wildman–Crippen LogP) is 4.12. The number of nitrogens with one attached hydrogen (secondary N) is 1. The molecule has 1 saturated carbocycles. The maximum absolute atomic E-state index is 13.0. The van der Waals surface area contributed by atoms with E-state index in [-0.39, 0.29) is 5.91 Å². The molecule has 0 spiro atoms. The maximum atomic E-state index is 13.0. The van der Waals surface area contributed by atoms with Crippen molar-refractivity contribution < 1.29 is 19.1 Å². The van der Waals surface area contributed by atoms with Crippen molar-refractivity contribution in [2.24, 2.45) is 16.7 Å². The van der Waals surface area contributed by atoms with Gasteiger partial charge in [-0.1, -0.05) is 26.8 Å². The number of anilines is 1. The number of amides is 1. The van der Waals surface area contributed by atoms with Crippen LogP contribution in [0.5, 0.6) is 0 Å². The standard InChI is InChI=1S/C20H24N2O4/c1-12-11-26-16(21-12)13-6-5-7-14(10-13)22-18(25)20(4)9-8-15(17(23)24)19(20,2)3/h5-7,10-11,15H,8-9H2,1-4H3,(H,22,25)(H,23,24)/t15-,20+/m0/s1. The molecule has 1 aromatic heterocycles. The average molecular weight is 356 g/mol. The van der Waals surface area contributed by atoms with Crippen LogP contribution in [-0.2, 0) is 9.59 Å². The molecule has 0 saturated heterocycles. The molecule has 2 aromatic rings. The Kier molecular flexibility index (Phi) is 4.38. The number of rotatable bonds is 4. The first-order valence-electron chi connectivity index (χ1n) is 8.72. The van der Waals surface area contributed by atoms with E-state index in [0.29, 0.717) is 24.4 Å². The zero-order chi connectivity index (χ0) is 19.1. The first kappa shape index (κ1) is 18.2. The summed E-state index contributed by atoms with van der Waals surface area (Å²) >= 11 is 0. The molecule has 1 fully saturated rings. The molecule has 0 radical (unpaired) electrons. The number of benzene rings is 1. The number of carboxylic acids is 1. The molecule has 0 aliphatic heterocycles. The van der Waals surface area contributed by atoms with Crippen LogP contribution in [0.4, 0.5) is 5.69 Å². The van der Waals surface area contributed by atoms with E-state index in [2.05, 4.69) is 10.3 Å². The number of aryl methyl sites for hydroxylation is 1. The van der Waals surface area contributed by atoms with E-state index in [1.54, 1.807) is 12.3 Å². The van der Waals surface area contributed by atoms with Crippen LogP contribution in [0.2, 0.25) is 0 Å². The minimum Gasteiger partial charge on any atom is -0.481 e. The van der Waals surface area contributed by atoms with Crippen molar-refractivity contribution in [3.63, 3.8) is 0 Å². The second-order valence-electron chi connectivity index (χ2n) is 7.81. The Bertz CT molecular complexity index is 855. The van der Waals surface area contributed by atoms with Crippen molar-refractivity contribution in [3.05, 3.63) is 36.2 Å². The van der Waals surface area contributed by atoms with E-state index in [1.165, 1.54) is 0 Å². The number of hydrogen-bond acceptors (Lipinski definition) is 4. The summed E-state index contributed by atoms with van der Waals surface area (Å²) in [5, 5.41) is 12.4. The van der Waals surface area contributed by atoms with Crippen molar-refractivity contribution in [3.8, 4) is 11.5 Å². The Morgan fingerprint density at radius 3 is 2.62 bits per heavy atom. The van der Waals surface area contributed by atoms with Gasteiger partial charge in [-0.3, -0.25) is 9.59 Å². The van der Waals surface area contributed by atoms with Gasteiger partial charge in [0.05, 0.1) is 17.0 Å². The highest BCUT2D eigenvalue weighted by molar-refractivity contribution is 5.97. The van der Waals surface area contributed by atoms with Gasteiger partial charge in [0, 0.05) is 11.3 Å². The molecule has 138 valence electrons. The largest absolute Gasteiger partial charge is 0.481 e. The first-order chi connectivity index (χ1) is 12.1. The third-order valence-corrected chi connectivity index (χ3v) is 6.01. The fraction of sp³-hybridized carbons (Fsp3) is 0.450. The minimum absolute atomic E-state index is 0.160.